The van der Waals surface area contributed by atoms with Crippen molar-refractivity contribution in [1.29, 1.82) is 0 Å². The number of guanidine groups is 1. The van der Waals surface area contributed by atoms with Gasteiger partial charge in [0.05, 0.1) is 5.69 Å². The predicted octanol–water partition coefficient (Wildman–Crippen LogP) is 2.56. The number of benzene rings is 1. The van der Waals surface area contributed by atoms with Crippen LogP contribution in [0.2, 0.25) is 0 Å². The average Bonchev–Trinajstić information content (AvgIpc) is 2.86. The van der Waals surface area contributed by atoms with Gasteiger partial charge in [0.1, 0.15) is 0 Å². The van der Waals surface area contributed by atoms with Gasteiger partial charge in [-0.25, -0.2) is 0 Å². The second kappa shape index (κ2) is 8.36. The molecule has 0 fully saturated rings. The van der Waals surface area contributed by atoms with Crippen LogP contribution in [-0.2, 0) is 13.1 Å². The molecule has 0 aliphatic rings. The highest BCUT2D eigenvalue weighted by molar-refractivity contribution is 5.79. The van der Waals surface area contributed by atoms with E-state index in [-0.39, 0.29) is 0 Å². The molecule has 2 N–H and O–H groups in total. The second-order valence-electron chi connectivity index (χ2n) is 5.78. The summed E-state index contributed by atoms with van der Waals surface area (Å²) in [6.45, 7) is 8.81. The summed E-state index contributed by atoms with van der Waals surface area (Å²) >= 11 is 0. The van der Waals surface area contributed by atoms with Crippen molar-refractivity contribution in [2.75, 3.05) is 13.6 Å². The Hall–Kier alpha value is -2.30. The van der Waals surface area contributed by atoms with Gasteiger partial charge < -0.3 is 10.6 Å². The van der Waals surface area contributed by atoms with Crippen molar-refractivity contribution < 1.29 is 0 Å². The Kier molecular flexibility index (Phi) is 6.20. The Balaban J connectivity index is 1.73. The van der Waals surface area contributed by atoms with Crippen LogP contribution >= 0.6 is 0 Å². The molecule has 0 saturated heterocycles. The summed E-state index contributed by atoms with van der Waals surface area (Å²) in [6, 6.07) is 10.5. The van der Waals surface area contributed by atoms with Gasteiger partial charge in [0.2, 0.25) is 0 Å². The second-order valence-corrected chi connectivity index (χ2v) is 5.78. The lowest BCUT2D eigenvalue weighted by Crippen LogP contribution is -2.37. The number of aryl methyl sites for hydroxylation is 4. The first-order valence-corrected chi connectivity index (χ1v) is 8.10. The zero-order valence-electron chi connectivity index (χ0n) is 14.6. The Morgan fingerprint density at radius 3 is 2.61 bits per heavy atom. The van der Waals surface area contributed by atoms with Gasteiger partial charge in [-0.3, -0.25) is 9.67 Å². The molecule has 0 spiro atoms. The van der Waals surface area contributed by atoms with Crippen LogP contribution in [0.3, 0.4) is 0 Å². The van der Waals surface area contributed by atoms with E-state index in [1.54, 1.807) is 7.05 Å². The third kappa shape index (κ3) is 5.13. The number of hydrogen-bond acceptors (Lipinski definition) is 2. The molecule has 5 nitrogen and oxygen atoms in total. The maximum Gasteiger partial charge on any atom is 0.191 e. The van der Waals surface area contributed by atoms with Crippen molar-refractivity contribution in [2.24, 2.45) is 4.99 Å². The maximum absolute atomic E-state index is 4.48. The molecule has 0 bridgehead atoms. The molecule has 23 heavy (non-hydrogen) atoms. The van der Waals surface area contributed by atoms with Gasteiger partial charge in [0.25, 0.3) is 0 Å². The highest BCUT2D eigenvalue weighted by Gasteiger charge is 2.02. The first-order valence-electron chi connectivity index (χ1n) is 8.10. The van der Waals surface area contributed by atoms with Crippen LogP contribution < -0.4 is 10.6 Å². The standard InChI is InChI=1S/C18H27N5/c1-14-8-5-6-9-17(14)13-21-18(19-4)20-10-7-11-23-16(3)12-15(2)22-23/h5-6,8-9,12H,7,10-11,13H2,1-4H3,(H2,19,20,21). The van der Waals surface area contributed by atoms with Crippen molar-refractivity contribution in [3.63, 3.8) is 0 Å². The molecule has 5 heteroatoms. The van der Waals surface area contributed by atoms with Gasteiger partial charge in [0, 0.05) is 32.4 Å². The fourth-order valence-electron chi connectivity index (χ4n) is 2.54. The SMILES string of the molecule is CN=C(NCCCn1nc(C)cc1C)NCc1ccccc1C. The largest absolute Gasteiger partial charge is 0.356 e. The minimum absolute atomic E-state index is 0.782. The summed E-state index contributed by atoms with van der Waals surface area (Å²) in [7, 11) is 1.80. The molecule has 0 amide bonds. The molecule has 1 heterocycles. The Morgan fingerprint density at radius 2 is 1.96 bits per heavy atom. The first kappa shape index (κ1) is 17.1. The van der Waals surface area contributed by atoms with E-state index in [4.69, 9.17) is 0 Å². The normalized spacial score (nSPS) is 11.6. The lowest BCUT2D eigenvalue weighted by atomic mass is 10.1. The highest BCUT2D eigenvalue weighted by atomic mass is 15.3. The zero-order chi connectivity index (χ0) is 16.7. The number of aliphatic imine (C=N–C) groups is 1. The Labute approximate surface area is 138 Å². The molecular formula is C18H27N5. The fourth-order valence-corrected chi connectivity index (χ4v) is 2.54. The van der Waals surface area contributed by atoms with Crippen LogP contribution in [0.15, 0.2) is 35.3 Å². The topological polar surface area (TPSA) is 54.2 Å². The van der Waals surface area contributed by atoms with Gasteiger partial charge in [-0.2, -0.15) is 5.10 Å². The molecule has 0 radical (unpaired) electrons. The first-order chi connectivity index (χ1) is 11.1. The van der Waals surface area contributed by atoms with Crippen LogP contribution in [0.25, 0.3) is 0 Å². The molecule has 1 aromatic heterocycles. The molecule has 124 valence electrons. The fraction of sp³-hybridized carbons (Fsp3) is 0.444. The molecular weight excluding hydrogens is 286 g/mol. The Morgan fingerprint density at radius 1 is 1.17 bits per heavy atom. The minimum Gasteiger partial charge on any atom is -0.356 e. The Bertz CT molecular complexity index is 657. The van der Waals surface area contributed by atoms with E-state index in [0.717, 1.165) is 37.7 Å². The zero-order valence-corrected chi connectivity index (χ0v) is 14.6. The predicted molar refractivity (Wildman–Crippen MR) is 95.7 cm³/mol. The smallest absolute Gasteiger partial charge is 0.191 e. The summed E-state index contributed by atoms with van der Waals surface area (Å²) in [5, 5.41) is 11.2. The van der Waals surface area contributed by atoms with Gasteiger partial charge in [-0.15, -0.1) is 0 Å². The summed E-state index contributed by atoms with van der Waals surface area (Å²) in [4.78, 5) is 4.27. The number of rotatable bonds is 6. The van der Waals surface area contributed by atoms with Crippen molar-refractivity contribution in [3.8, 4) is 0 Å². The van der Waals surface area contributed by atoms with Crippen LogP contribution in [0, 0.1) is 20.8 Å². The number of hydrogen-bond donors (Lipinski definition) is 2. The van der Waals surface area contributed by atoms with Crippen molar-refractivity contribution in [3.05, 3.63) is 52.8 Å². The third-order valence-electron chi connectivity index (χ3n) is 3.87. The van der Waals surface area contributed by atoms with Crippen molar-refractivity contribution in [2.45, 2.75) is 40.3 Å². The lowest BCUT2D eigenvalue weighted by molar-refractivity contribution is 0.555. The van der Waals surface area contributed by atoms with E-state index in [0.29, 0.717) is 0 Å². The number of nitrogens with one attached hydrogen (secondary N) is 2. The summed E-state index contributed by atoms with van der Waals surface area (Å²) in [5.41, 5.74) is 4.87. The van der Waals surface area contributed by atoms with Gasteiger partial charge >= 0.3 is 0 Å². The van der Waals surface area contributed by atoms with Gasteiger partial charge in [-0.1, -0.05) is 24.3 Å². The van der Waals surface area contributed by atoms with Crippen molar-refractivity contribution in [1.82, 2.24) is 20.4 Å². The van der Waals surface area contributed by atoms with E-state index < -0.39 is 0 Å². The maximum atomic E-state index is 4.48. The summed E-state index contributed by atoms with van der Waals surface area (Å²) in [5.74, 6) is 0.835. The summed E-state index contributed by atoms with van der Waals surface area (Å²) in [6.07, 6.45) is 1.01. The van der Waals surface area contributed by atoms with Crippen LogP contribution in [0.1, 0.15) is 28.9 Å². The number of nitrogens with zero attached hydrogens (tertiary/aromatic N) is 3. The molecule has 2 aromatic rings. The van der Waals surface area contributed by atoms with Crippen LogP contribution in [0.5, 0.6) is 0 Å². The molecule has 1 aromatic carbocycles. The van der Waals surface area contributed by atoms with Crippen molar-refractivity contribution >= 4 is 5.96 Å². The van der Waals surface area contributed by atoms with E-state index in [1.165, 1.54) is 16.8 Å². The average molecular weight is 313 g/mol. The van der Waals surface area contributed by atoms with Crippen LogP contribution in [-0.4, -0.2) is 29.3 Å². The number of aromatic nitrogens is 2. The molecule has 0 saturated carbocycles. The monoisotopic (exact) mass is 313 g/mol. The molecule has 0 aliphatic carbocycles. The van der Waals surface area contributed by atoms with E-state index in [9.17, 15) is 0 Å². The van der Waals surface area contributed by atoms with Gasteiger partial charge in [0.15, 0.2) is 5.96 Å². The molecule has 0 unspecified atom stereocenters. The quantitative estimate of drug-likeness (QED) is 0.489. The van der Waals surface area contributed by atoms with E-state index >= 15 is 0 Å². The molecule has 0 aliphatic heterocycles. The van der Waals surface area contributed by atoms with E-state index in [1.807, 2.05) is 6.92 Å². The van der Waals surface area contributed by atoms with E-state index in [2.05, 4.69) is 69.6 Å². The highest BCUT2D eigenvalue weighted by Crippen LogP contribution is 2.06. The third-order valence-corrected chi connectivity index (χ3v) is 3.87. The van der Waals surface area contributed by atoms with Crippen LogP contribution in [0.4, 0.5) is 0 Å². The summed E-state index contributed by atoms with van der Waals surface area (Å²) < 4.78 is 2.06. The molecule has 2 rings (SSSR count). The van der Waals surface area contributed by atoms with Gasteiger partial charge in [-0.05, 0) is 44.4 Å². The lowest BCUT2D eigenvalue weighted by Gasteiger charge is -2.13. The minimum atomic E-state index is 0.782. The molecule has 0 atom stereocenters.